The molecule has 0 spiro atoms. The van der Waals surface area contributed by atoms with Crippen molar-refractivity contribution in [2.24, 2.45) is 5.10 Å². The van der Waals surface area contributed by atoms with Crippen LogP contribution < -0.4 is 5.43 Å². The fourth-order valence-electron chi connectivity index (χ4n) is 1.57. The van der Waals surface area contributed by atoms with Crippen LogP contribution in [0.4, 0.5) is 0 Å². The number of rotatable bonds is 4. The third kappa shape index (κ3) is 3.66. The van der Waals surface area contributed by atoms with E-state index in [2.05, 4.69) is 10.5 Å². The summed E-state index contributed by atoms with van der Waals surface area (Å²) in [6, 6.07) is 11.0. The second kappa shape index (κ2) is 6.50. The molecular formula is C14H13ClN2OS. The molecule has 0 unspecified atom stereocenters. The number of nitrogens with zero attached hydrogens (tertiary/aromatic N) is 1. The van der Waals surface area contributed by atoms with E-state index in [-0.39, 0.29) is 5.91 Å². The quantitative estimate of drug-likeness (QED) is 0.673. The molecule has 3 nitrogen and oxygen atoms in total. The number of hydrogen-bond acceptors (Lipinski definition) is 3. The molecule has 0 bridgehead atoms. The highest BCUT2D eigenvalue weighted by molar-refractivity contribution is 7.12. The Labute approximate surface area is 120 Å². The molecule has 2 rings (SSSR count). The van der Waals surface area contributed by atoms with E-state index < -0.39 is 0 Å². The maximum absolute atomic E-state index is 11.8. The number of thiophene rings is 1. The molecule has 0 aliphatic rings. The van der Waals surface area contributed by atoms with Crippen molar-refractivity contribution in [3.63, 3.8) is 0 Å². The van der Waals surface area contributed by atoms with Crippen LogP contribution in [0.3, 0.4) is 0 Å². The Balaban J connectivity index is 2.11. The molecule has 1 aromatic heterocycles. The zero-order valence-corrected chi connectivity index (χ0v) is 12.0. The minimum absolute atomic E-state index is 0.185. The van der Waals surface area contributed by atoms with Crippen LogP contribution in [0.15, 0.2) is 46.9 Å². The summed E-state index contributed by atoms with van der Waals surface area (Å²) in [5.41, 5.74) is 4.35. The Kier molecular flexibility index (Phi) is 4.71. The SMILES string of the molecule is CC/C(=N\NC(=O)c1cccs1)c1ccc(Cl)cc1. The van der Waals surface area contributed by atoms with Gasteiger partial charge in [-0.15, -0.1) is 11.3 Å². The van der Waals surface area contributed by atoms with Crippen LogP contribution in [0.5, 0.6) is 0 Å². The van der Waals surface area contributed by atoms with Gasteiger partial charge in [-0.1, -0.05) is 36.7 Å². The van der Waals surface area contributed by atoms with E-state index in [0.717, 1.165) is 17.7 Å². The molecule has 0 aliphatic carbocycles. The van der Waals surface area contributed by atoms with E-state index in [4.69, 9.17) is 11.6 Å². The van der Waals surface area contributed by atoms with Crippen LogP contribution in [0.2, 0.25) is 5.02 Å². The predicted molar refractivity (Wildman–Crippen MR) is 80.1 cm³/mol. The highest BCUT2D eigenvalue weighted by Crippen LogP contribution is 2.12. The molecule has 1 heterocycles. The normalized spacial score (nSPS) is 11.4. The largest absolute Gasteiger partial charge is 0.281 e. The van der Waals surface area contributed by atoms with Crippen molar-refractivity contribution in [2.45, 2.75) is 13.3 Å². The van der Waals surface area contributed by atoms with Gasteiger partial charge in [0.1, 0.15) is 0 Å². The molecule has 5 heteroatoms. The molecular weight excluding hydrogens is 280 g/mol. The monoisotopic (exact) mass is 292 g/mol. The van der Waals surface area contributed by atoms with Crippen LogP contribution in [-0.4, -0.2) is 11.6 Å². The Bertz CT molecular complexity index is 576. The number of carbonyl (C=O) groups is 1. The van der Waals surface area contributed by atoms with Crippen LogP contribution in [0.1, 0.15) is 28.6 Å². The minimum Gasteiger partial charge on any atom is -0.266 e. The summed E-state index contributed by atoms with van der Waals surface area (Å²) >= 11 is 7.24. The van der Waals surface area contributed by atoms with Crippen LogP contribution in [0.25, 0.3) is 0 Å². The van der Waals surface area contributed by atoms with Crippen molar-refractivity contribution in [1.82, 2.24) is 5.43 Å². The van der Waals surface area contributed by atoms with Crippen molar-refractivity contribution < 1.29 is 4.79 Å². The Morgan fingerprint density at radius 2 is 2.05 bits per heavy atom. The first-order valence-electron chi connectivity index (χ1n) is 5.87. The van der Waals surface area contributed by atoms with Crippen LogP contribution >= 0.6 is 22.9 Å². The van der Waals surface area contributed by atoms with Gasteiger partial charge in [0.15, 0.2) is 0 Å². The zero-order chi connectivity index (χ0) is 13.7. The fourth-order valence-corrected chi connectivity index (χ4v) is 2.31. The average Bonchev–Trinajstić information content (AvgIpc) is 2.95. The lowest BCUT2D eigenvalue weighted by Crippen LogP contribution is -2.18. The van der Waals surface area contributed by atoms with E-state index in [9.17, 15) is 4.79 Å². The lowest BCUT2D eigenvalue weighted by Gasteiger charge is -2.04. The summed E-state index contributed by atoms with van der Waals surface area (Å²) in [6.07, 6.45) is 0.729. The van der Waals surface area contributed by atoms with E-state index in [1.165, 1.54) is 11.3 Å². The summed E-state index contributed by atoms with van der Waals surface area (Å²) < 4.78 is 0. The number of carbonyl (C=O) groups excluding carboxylic acids is 1. The second-order valence-corrected chi connectivity index (χ2v) is 5.22. The first-order chi connectivity index (χ1) is 9.20. The average molecular weight is 293 g/mol. The van der Waals surface area contributed by atoms with Gasteiger partial charge >= 0.3 is 0 Å². The summed E-state index contributed by atoms with van der Waals surface area (Å²) in [6.45, 7) is 1.99. The van der Waals surface area contributed by atoms with Gasteiger partial charge in [-0.05, 0) is 35.6 Å². The minimum atomic E-state index is -0.185. The third-order valence-electron chi connectivity index (χ3n) is 2.55. The number of hydrazone groups is 1. The molecule has 0 fully saturated rings. The molecule has 0 saturated carbocycles. The van der Waals surface area contributed by atoms with E-state index in [0.29, 0.717) is 9.90 Å². The Morgan fingerprint density at radius 1 is 1.32 bits per heavy atom. The summed E-state index contributed by atoms with van der Waals surface area (Å²) in [5, 5.41) is 6.72. The number of hydrogen-bond donors (Lipinski definition) is 1. The number of halogens is 1. The van der Waals surface area contributed by atoms with E-state index in [1.54, 1.807) is 6.07 Å². The molecule has 0 radical (unpaired) electrons. The van der Waals surface area contributed by atoms with Crippen LogP contribution in [-0.2, 0) is 0 Å². The third-order valence-corrected chi connectivity index (χ3v) is 3.67. The van der Waals surface area contributed by atoms with Crippen molar-refractivity contribution >= 4 is 34.6 Å². The zero-order valence-electron chi connectivity index (χ0n) is 10.4. The smallest absolute Gasteiger partial charge is 0.266 e. The highest BCUT2D eigenvalue weighted by atomic mass is 35.5. The number of amides is 1. The maximum atomic E-state index is 11.8. The van der Waals surface area contributed by atoms with Crippen molar-refractivity contribution in [1.29, 1.82) is 0 Å². The molecule has 2 aromatic rings. The molecule has 98 valence electrons. The maximum Gasteiger partial charge on any atom is 0.281 e. The molecule has 1 aromatic carbocycles. The summed E-state index contributed by atoms with van der Waals surface area (Å²) in [4.78, 5) is 12.4. The van der Waals surface area contributed by atoms with Gasteiger partial charge in [0.2, 0.25) is 0 Å². The Hall–Kier alpha value is -1.65. The van der Waals surface area contributed by atoms with Crippen molar-refractivity contribution in [3.8, 4) is 0 Å². The molecule has 0 aliphatic heterocycles. The molecule has 0 saturated heterocycles. The molecule has 19 heavy (non-hydrogen) atoms. The van der Waals surface area contributed by atoms with Gasteiger partial charge in [0, 0.05) is 5.02 Å². The first kappa shape index (κ1) is 13.8. The standard InChI is InChI=1S/C14H13ClN2OS/c1-2-12(10-5-7-11(15)8-6-10)16-17-14(18)13-4-3-9-19-13/h3-9H,2H2,1H3,(H,17,18)/b16-12+. The van der Waals surface area contributed by atoms with Crippen LogP contribution in [0, 0.1) is 0 Å². The first-order valence-corrected chi connectivity index (χ1v) is 7.13. The van der Waals surface area contributed by atoms with E-state index >= 15 is 0 Å². The topological polar surface area (TPSA) is 41.5 Å². The number of nitrogens with one attached hydrogen (secondary N) is 1. The van der Waals surface area contributed by atoms with Gasteiger partial charge < -0.3 is 0 Å². The van der Waals surface area contributed by atoms with Crippen molar-refractivity contribution in [2.75, 3.05) is 0 Å². The van der Waals surface area contributed by atoms with Gasteiger partial charge in [0.05, 0.1) is 10.6 Å². The predicted octanol–water partition coefficient (Wildman–Crippen LogP) is 3.95. The fraction of sp³-hybridized carbons (Fsp3) is 0.143. The summed E-state index contributed by atoms with van der Waals surface area (Å²) in [5.74, 6) is -0.185. The molecule has 1 N–H and O–H groups in total. The molecule has 0 atom stereocenters. The van der Waals surface area contributed by atoms with Gasteiger partial charge in [-0.3, -0.25) is 4.79 Å². The number of benzene rings is 1. The van der Waals surface area contributed by atoms with Gasteiger partial charge in [0.25, 0.3) is 5.91 Å². The second-order valence-electron chi connectivity index (χ2n) is 3.84. The van der Waals surface area contributed by atoms with Crippen molar-refractivity contribution in [3.05, 3.63) is 57.2 Å². The van der Waals surface area contributed by atoms with Gasteiger partial charge in [-0.25, -0.2) is 5.43 Å². The lowest BCUT2D eigenvalue weighted by molar-refractivity contribution is 0.0959. The lowest BCUT2D eigenvalue weighted by atomic mass is 10.1. The van der Waals surface area contributed by atoms with Gasteiger partial charge in [-0.2, -0.15) is 5.10 Å². The highest BCUT2D eigenvalue weighted by Gasteiger charge is 2.06. The Morgan fingerprint density at radius 3 is 2.63 bits per heavy atom. The molecule has 1 amide bonds. The summed E-state index contributed by atoms with van der Waals surface area (Å²) in [7, 11) is 0. The van der Waals surface area contributed by atoms with E-state index in [1.807, 2.05) is 42.6 Å².